The number of aromatic amines is 1. The first-order valence-corrected chi connectivity index (χ1v) is 7.49. The lowest BCUT2D eigenvalue weighted by Gasteiger charge is -2.24. The van der Waals surface area contributed by atoms with Gasteiger partial charge in [-0.2, -0.15) is 5.10 Å². The highest BCUT2D eigenvalue weighted by atomic mass is 16.6. The number of nitrogens with zero attached hydrogens (tertiary/aromatic N) is 3. The number of carbonyl (C=O) groups is 1. The third-order valence-electron chi connectivity index (χ3n) is 3.83. The second kappa shape index (κ2) is 7.04. The minimum atomic E-state index is -0.442. The van der Waals surface area contributed by atoms with Crippen LogP contribution in [0.1, 0.15) is 48.1 Å². The molecule has 0 radical (unpaired) electrons. The highest BCUT2D eigenvalue weighted by Gasteiger charge is 2.22. The maximum atomic E-state index is 12.5. The van der Waals surface area contributed by atoms with Gasteiger partial charge in [-0.1, -0.05) is 25.5 Å². The maximum absolute atomic E-state index is 12.5. The van der Waals surface area contributed by atoms with Crippen molar-refractivity contribution in [1.82, 2.24) is 15.1 Å². The van der Waals surface area contributed by atoms with Crippen molar-refractivity contribution in [3.05, 3.63) is 57.4 Å². The number of hydrogen-bond acceptors (Lipinski definition) is 4. The number of carbonyl (C=O) groups excluding carboxylic acids is 1. The molecule has 1 aromatic heterocycles. The van der Waals surface area contributed by atoms with Gasteiger partial charge in [0.1, 0.15) is 5.69 Å². The fourth-order valence-corrected chi connectivity index (χ4v) is 2.35. The van der Waals surface area contributed by atoms with Gasteiger partial charge < -0.3 is 4.90 Å². The lowest BCUT2D eigenvalue weighted by Crippen LogP contribution is -2.30. The van der Waals surface area contributed by atoms with Crippen LogP contribution < -0.4 is 0 Å². The van der Waals surface area contributed by atoms with E-state index in [0.29, 0.717) is 11.3 Å². The number of nitro benzene ring substituents is 1. The number of benzene rings is 1. The molecule has 1 amide bonds. The van der Waals surface area contributed by atoms with Crippen molar-refractivity contribution >= 4 is 11.6 Å². The minimum absolute atomic E-state index is 0.0141. The SMILES string of the molecule is CCCc1cc(C(=O)N(C)C(C)c2cccc([N+](=O)[O-])c2)n[nH]1. The standard InChI is InChI=1S/C16H20N4O3/c1-4-6-13-10-15(18-17-13)16(21)19(3)11(2)12-7-5-8-14(9-12)20(22)23/h5,7-11H,4,6H2,1-3H3,(H,17,18). The molecule has 0 bridgehead atoms. The zero-order valence-electron chi connectivity index (χ0n) is 13.4. The molecule has 1 aromatic carbocycles. The molecule has 0 fully saturated rings. The van der Waals surface area contributed by atoms with Gasteiger partial charge in [-0.15, -0.1) is 0 Å². The van der Waals surface area contributed by atoms with Crippen LogP contribution in [0.4, 0.5) is 5.69 Å². The van der Waals surface area contributed by atoms with Crippen molar-refractivity contribution in [2.24, 2.45) is 0 Å². The molecule has 122 valence electrons. The number of non-ortho nitro benzene ring substituents is 1. The summed E-state index contributed by atoms with van der Waals surface area (Å²) in [4.78, 5) is 24.5. The average molecular weight is 316 g/mol. The second-order valence-electron chi connectivity index (χ2n) is 5.47. The van der Waals surface area contributed by atoms with E-state index in [1.165, 1.54) is 17.0 Å². The van der Waals surface area contributed by atoms with Gasteiger partial charge in [-0.3, -0.25) is 20.0 Å². The Hall–Kier alpha value is -2.70. The van der Waals surface area contributed by atoms with Crippen molar-refractivity contribution in [2.45, 2.75) is 32.7 Å². The molecule has 7 nitrogen and oxygen atoms in total. The Kier molecular flexibility index (Phi) is 5.10. The van der Waals surface area contributed by atoms with Crippen molar-refractivity contribution in [2.75, 3.05) is 7.05 Å². The van der Waals surface area contributed by atoms with Crippen LogP contribution in [0.5, 0.6) is 0 Å². The predicted molar refractivity (Wildman–Crippen MR) is 86.2 cm³/mol. The summed E-state index contributed by atoms with van der Waals surface area (Å²) in [6, 6.07) is 7.77. The quantitative estimate of drug-likeness (QED) is 0.654. The Morgan fingerprint density at radius 1 is 1.43 bits per heavy atom. The fourth-order valence-electron chi connectivity index (χ4n) is 2.35. The molecule has 23 heavy (non-hydrogen) atoms. The number of aryl methyl sites for hydroxylation is 1. The molecule has 0 aliphatic carbocycles. The predicted octanol–water partition coefficient (Wildman–Crippen LogP) is 3.10. The summed E-state index contributed by atoms with van der Waals surface area (Å²) in [5.74, 6) is -0.220. The topological polar surface area (TPSA) is 92.1 Å². The van der Waals surface area contributed by atoms with Gasteiger partial charge in [0.05, 0.1) is 11.0 Å². The molecule has 1 atom stereocenters. The number of amides is 1. The smallest absolute Gasteiger partial charge is 0.274 e. The van der Waals surface area contributed by atoms with E-state index in [1.807, 2.05) is 6.92 Å². The van der Waals surface area contributed by atoms with Gasteiger partial charge in [0.25, 0.3) is 11.6 Å². The molecule has 2 aromatic rings. The van der Waals surface area contributed by atoms with E-state index in [9.17, 15) is 14.9 Å². The number of nitro groups is 1. The van der Waals surface area contributed by atoms with Crippen molar-refractivity contribution in [1.29, 1.82) is 0 Å². The number of rotatable bonds is 6. The Balaban J connectivity index is 2.17. The second-order valence-corrected chi connectivity index (χ2v) is 5.47. The highest BCUT2D eigenvalue weighted by Crippen LogP contribution is 2.24. The molecule has 1 N–H and O–H groups in total. The van der Waals surface area contributed by atoms with Crippen LogP contribution in [0.2, 0.25) is 0 Å². The summed E-state index contributed by atoms with van der Waals surface area (Å²) in [6.07, 6.45) is 1.81. The number of hydrogen-bond donors (Lipinski definition) is 1. The van der Waals surface area contributed by atoms with E-state index in [1.54, 1.807) is 25.2 Å². The first-order valence-electron chi connectivity index (χ1n) is 7.49. The molecule has 1 unspecified atom stereocenters. The molecule has 0 aliphatic rings. The molecule has 1 heterocycles. The van der Waals surface area contributed by atoms with E-state index < -0.39 is 4.92 Å². The zero-order chi connectivity index (χ0) is 17.0. The maximum Gasteiger partial charge on any atom is 0.274 e. The van der Waals surface area contributed by atoms with Crippen LogP contribution in [0.3, 0.4) is 0 Å². The summed E-state index contributed by atoms with van der Waals surface area (Å²) in [7, 11) is 1.67. The van der Waals surface area contributed by atoms with Gasteiger partial charge in [-0.05, 0) is 25.0 Å². The van der Waals surface area contributed by atoms with E-state index in [0.717, 1.165) is 18.5 Å². The van der Waals surface area contributed by atoms with Gasteiger partial charge >= 0.3 is 0 Å². The highest BCUT2D eigenvalue weighted by molar-refractivity contribution is 5.92. The summed E-state index contributed by atoms with van der Waals surface area (Å²) < 4.78 is 0. The molecule has 2 rings (SSSR count). The van der Waals surface area contributed by atoms with E-state index in [-0.39, 0.29) is 17.6 Å². The van der Waals surface area contributed by atoms with Gasteiger partial charge in [0.15, 0.2) is 0 Å². The van der Waals surface area contributed by atoms with Crippen molar-refractivity contribution < 1.29 is 9.72 Å². The summed E-state index contributed by atoms with van der Waals surface area (Å²) >= 11 is 0. The number of H-pyrrole nitrogens is 1. The van der Waals surface area contributed by atoms with E-state index in [2.05, 4.69) is 17.1 Å². The summed E-state index contributed by atoms with van der Waals surface area (Å²) in [5.41, 5.74) is 2.00. The van der Waals surface area contributed by atoms with E-state index in [4.69, 9.17) is 0 Å². The molecule has 0 aliphatic heterocycles. The number of nitrogens with one attached hydrogen (secondary N) is 1. The molecular formula is C16H20N4O3. The normalized spacial score (nSPS) is 12.0. The first-order chi connectivity index (χ1) is 10.9. The van der Waals surface area contributed by atoms with Crippen molar-refractivity contribution in [3.8, 4) is 0 Å². The van der Waals surface area contributed by atoms with Gasteiger partial charge in [0.2, 0.25) is 0 Å². The first kappa shape index (κ1) is 16.7. The van der Waals surface area contributed by atoms with Crippen LogP contribution in [0, 0.1) is 10.1 Å². The molecular weight excluding hydrogens is 296 g/mol. The summed E-state index contributed by atoms with van der Waals surface area (Å²) in [6.45, 7) is 3.88. The van der Waals surface area contributed by atoms with Crippen LogP contribution >= 0.6 is 0 Å². The number of aromatic nitrogens is 2. The molecule has 0 spiro atoms. The minimum Gasteiger partial charge on any atom is -0.334 e. The summed E-state index contributed by atoms with van der Waals surface area (Å²) in [5, 5.41) is 17.8. The third kappa shape index (κ3) is 3.74. The Morgan fingerprint density at radius 2 is 2.17 bits per heavy atom. The third-order valence-corrected chi connectivity index (χ3v) is 3.83. The zero-order valence-corrected chi connectivity index (χ0v) is 13.4. The van der Waals surface area contributed by atoms with Crippen LogP contribution in [-0.4, -0.2) is 33.0 Å². The van der Waals surface area contributed by atoms with Gasteiger partial charge in [0, 0.05) is 24.9 Å². The van der Waals surface area contributed by atoms with Crippen LogP contribution in [-0.2, 0) is 6.42 Å². The van der Waals surface area contributed by atoms with E-state index >= 15 is 0 Å². The van der Waals surface area contributed by atoms with Crippen molar-refractivity contribution in [3.63, 3.8) is 0 Å². The van der Waals surface area contributed by atoms with Gasteiger partial charge in [-0.25, -0.2) is 0 Å². The van der Waals surface area contributed by atoms with Crippen LogP contribution in [0.15, 0.2) is 30.3 Å². The Bertz CT molecular complexity index is 711. The molecule has 0 saturated carbocycles. The van der Waals surface area contributed by atoms with Crippen LogP contribution in [0.25, 0.3) is 0 Å². The lowest BCUT2D eigenvalue weighted by molar-refractivity contribution is -0.384. The Labute approximate surface area is 134 Å². The lowest BCUT2D eigenvalue weighted by atomic mass is 10.1. The Morgan fingerprint density at radius 3 is 2.83 bits per heavy atom. The largest absolute Gasteiger partial charge is 0.334 e. The monoisotopic (exact) mass is 316 g/mol. The fraction of sp³-hybridized carbons (Fsp3) is 0.375. The molecule has 7 heteroatoms. The molecule has 0 saturated heterocycles. The average Bonchev–Trinajstić information content (AvgIpc) is 3.02.